The van der Waals surface area contributed by atoms with Crippen molar-refractivity contribution in [2.45, 2.75) is 6.92 Å². The molecule has 1 amide bonds. The molecule has 0 spiro atoms. The van der Waals surface area contributed by atoms with Crippen molar-refractivity contribution in [1.82, 2.24) is 14.3 Å². The molecule has 0 fully saturated rings. The van der Waals surface area contributed by atoms with Gasteiger partial charge in [0.1, 0.15) is 5.69 Å². The standard InChI is InChI=1S/C17H17ClN4O3/c1-9-14(15(17(24)25-4)22(3)20-9)19-16(23)13-8-10-11(18)6-5-7-12(10)21(13)2/h5-8H,1-4H3,(H,19,23). The van der Waals surface area contributed by atoms with E-state index in [1.165, 1.54) is 11.8 Å². The predicted octanol–water partition coefficient (Wildman–Crippen LogP) is 2.91. The second-order valence-electron chi connectivity index (χ2n) is 5.64. The summed E-state index contributed by atoms with van der Waals surface area (Å²) in [6.45, 7) is 1.71. The number of amides is 1. The van der Waals surface area contributed by atoms with Crippen molar-refractivity contribution < 1.29 is 14.3 Å². The first-order valence-corrected chi connectivity index (χ1v) is 7.90. The molecule has 0 atom stereocenters. The van der Waals surface area contributed by atoms with Crippen LogP contribution in [0.3, 0.4) is 0 Å². The quantitative estimate of drug-likeness (QED) is 0.728. The second kappa shape index (κ2) is 6.25. The van der Waals surface area contributed by atoms with E-state index in [1.807, 2.05) is 12.1 Å². The summed E-state index contributed by atoms with van der Waals surface area (Å²) in [6, 6.07) is 7.20. The van der Waals surface area contributed by atoms with Gasteiger partial charge in [0.05, 0.1) is 18.5 Å². The Labute approximate surface area is 149 Å². The third-order valence-corrected chi connectivity index (χ3v) is 4.44. The van der Waals surface area contributed by atoms with Crippen LogP contribution in [0, 0.1) is 6.92 Å². The molecule has 1 aromatic carbocycles. The number of aryl methyl sites for hydroxylation is 3. The molecule has 1 N–H and O–H groups in total. The van der Waals surface area contributed by atoms with Crippen molar-refractivity contribution in [3.05, 3.63) is 46.4 Å². The fraction of sp³-hybridized carbons (Fsp3) is 0.235. The molecule has 0 bridgehead atoms. The Hall–Kier alpha value is -2.80. The number of anilines is 1. The van der Waals surface area contributed by atoms with Gasteiger partial charge in [0.25, 0.3) is 5.91 Å². The Morgan fingerprint density at radius 2 is 2.00 bits per heavy atom. The smallest absolute Gasteiger partial charge is 0.358 e. The lowest BCUT2D eigenvalue weighted by molar-refractivity contribution is 0.0589. The molecule has 2 aromatic heterocycles. The Bertz CT molecular complexity index is 1000. The summed E-state index contributed by atoms with van der Waals surface area (Å²) < 4.78 is 7.91. The van der Waals surface area contributed by atoms with Crippen LogP contribution in [-0.4, -0.2) is 33.3 Å². The normalized spacial score (nSPS) is 10.9. The predicted molar refractivity (Wildman–Crippen MR) is 95.2 cm³/mol. The molecule has 130 valence electrons. The molecule has 0 aliphatic heterocycles. The molecule has 3 rings (SSSR count). The summed E-state index contributed by atoms with van der Waals surface area (Å²) in [4.78, 5) is 24.8. The van der Waals surface area contributed by atoms with Crippen LogP contribution in [0.2, 0.25) is 5.02 Å². The van der Waals surface area contributed by atoms with Crippen LogP contribution in [0.4, 0.5) is 5.69 Å². The number of nitrogens with zero attached hydrogens (tertiary/aromatic N) is 3. The van der Waals surface area contributed by atoms with Gasteiger partial charge in [-0.1, -0.05) is 17.7 Å². The third-order valence-electron chi connectivity index (χ3n) is 4.11. The van der Waals surface area contributed by atoms with Gasteiger partial charge >= 0.3 is 5.97 Å². The van der Waals surface area contributed by atoms with Crippen molar-refractivity contribution in [1.29, 1.82) is 0 Å². The highest BCUT2D eigenvalue weighted by atomic mass is 35.5. The fourth-order valence-electron chi connectivity index (χ4n) is 2.86. The van der Waals surface area contributed by atoms with E-state index in [0.717, 1.165) is 10.9 Å². The number of nitrogens with one attached hydrogen (secondary N) is 1. The molecule has 7 nitrogen and oxygen atoms in total. The van der Waals surface area contributed by atoms with Crippen LogP contribution in [0.5, 0.6) is 0 Å². The molecule has 0 radical (unpaired) electrons. The van der Waals surface area contributed by atoms with Crippen molar-refractivity contribution in [3.63, 3.8) is 0 Å². The van der Waals surface area contributed by atoms with Gasteiger partial charge < -0.3 is 14.6 Å². The zero-order chi connectivity index (χ0) is 18.3. The minimum Gasteiger partial charge on any atom is -0.464 e. The van der Waals surface area contributed by atoms with E-state index in [0.29, 0.717) is 22.1 Å². The van der Waals surface area contributed by atoms with E-state index >= 15 is 0 Å². The molecule has 0 saturated heterocycles. The summed E-state index contributed by atoms with van der Waals surface area (Å²) in [6.07, 6.45) is 0. The number of ether oxygens (including phenoxy) is 1. The number of methoxy groups -OCH3 is 1. The Morgan fingerprint density at radius 1 is 1.28 bits per heavy atom. The Kier molecular flexibility index (Phi) is 4.26. The maximum atomic E-state index is 12.8. The van der Waals surface area contributed by atoms with Crippen molar-refractivity contribution in [2.75, 3.05) is 12.4 Å². The van der Waals surface area contributed by atoms with Gasteiger partial charge in [0.2, 0.25) is 0 Å². The van der Waals surface area contributed by atoms with Crippen LogP contribution in [0.25, 0.3) is 10.9 Å². The first-order chi connectivity index (χ1) is 11.8. The summed E-state index contributed by atoms with van der Waals surface area (Å²) in [5.74, 6) is -0.936. The lowest BCUT2D eigenvalue weighted by Crippen LogP contribution is -2.18. The fourth-order valence-corrected chi connectivity index (χ4v) is 3.08. The second-order valence-corrected chi connectivity index (χ2v) is 6.05. The molecular formula is C17H17ClN4O3. The zero-order valence-electron chi connectivity index (χ0n) is 14.3. The molecule has 0 unspecified atom stereocenters. The molecule has 3 aromatic rings. The van der Waals surface area contributed by atoms with E-state index in [1.54, 1.807) is 37.7 Å². The van der Waals surface area contributed by atoms with E-state index in [2.05, 4.69) is 10.4 Å². The highest BCUT2D eigenvalue weighted by molar-refractivity contribution is 6.35. The Balaban J connectivity index is 2.03. The number of halogens is 1. The average Bonchev–Trinajstić information content (AvgIpc) is 3.05. The number of hydrogen-bond donors (Lipinski definition) is 1. The average molecular weight is 361 g/mol. The molecule has 25 heavy (non-hydrogen) atoms. The van der Waals surface area contributed by atoms with Gasteiger partial charge in [-0.3, -0.25) is 9.48 Å². The first-order valence-electron chi connectivity index (χ1n) is 7.52. The van der Waals surface area contributed by atoms with Gasteiger partial charge in [-0.05, 0) is 25.1 Å². The van der Waals surface area contributed by atoms with Crippen LogP contribution in [-0.2, 0) is 18.8 Å². The van der Waals surface area contributed by atoms with Crippen LogP contribution in [0.15, 0.2) is 24.3 Å². The van der Waals surface area contributed by atoms with E-state index in [4.69, 9.17) is 16.3 Å². The molecule has 8 heteroatoms. The minimum atomic E-state index is -0.571. The monoisotopic (exact) mass is 360 g/mol. The first kappa shape index (κ1) is 17.0. The molecule has 0 saturated carbocycles. The number of hydrogen-bond acceptors (Lipinski definition) is 4. The molecule has 0 aliphatic carbocycles. The van der Waals surface area contributed by atoms with Gasteiger partial charge in [0.15, 0.2) is 5.69 Å². The number of benzene rings is 1. The zero-order valence-corrected chi connectivity index (χ0v) is 15.0. The Morgan fingerprint density at radius 3 is 2.64 bits per heavy atom. The summed E-state index contributed by atoms with van der Waals surface area (Å²) in [7, 11) is 4.68. The number of carbonyl (C=O) groups excluding carboxylic acids is 2. The number of aromatic nitrogens is 3. The summed E-state index contributed by atoms with van der Waals surface area (Å²) in [5.41, 5.74) is 2.30. The number of carbonyl (C=O) groups is 2. The van der Waals surface area contributed by atoms with Crippen molar-refractivity contribution >= 4 is 40.1 Å². The largest absolute Gasteiger partial charge is 0.464 e. The number of esters is 1. The van der Waals surface area contributed by atoms with Crippen molar-refractivity contribution in [3.8, 4) is 0 Å². The van der Waals surface area contributed by atoms with E-state index < -0.39 is 5.97 Å². The third kappa shape index (κ3) is 2.76. The maximum Gasteiger partial charge on any atom is 0.358 e. The summed E-state index contributed by atoms with van der Waals surface area (Å²) >= 11 is 6.20. The van der Waals surface area contributed by atoms with E-state index in [-0.39, 0.29) is 11.6 Å². The highest BCUT2D eigenvalue weighted by Gasteiger charge is 2.24. The van der Waals surface area contributed by atoms with Crippen LogP contribution >= 0.6 is 11.6 Å². The minimum absolute atomic E-state index is 0.185. The topological polar surface area (TPSA) is 78.2 Å². The van der Waals surface area contributed by atoms with Gasteiger partial charge in [-0.25, -0.2) is 4.79 Å². The highest BCUT2D eigenvalue weighted by Crippen LogP contribution is 2.27. The number of fused-ring (bicyclic) bond motifs is 1. The SMILES string of the molecule is COC(=O)c1c(NC(=O)c2cc3c(Cl)cccc3n2C)c(C)nn1C. The summed E-state index contributed by atoms with van der Waals surface area (Å²) in [5, 5.41) is 8.30. The number of rotatable bonds is 3. The van der Waals surface area contributed by atoms with E-state index in [9.17, 15) is 9.59 Å². The molecule has 2 heterocycles. The maximum absolute atomic E-state index is 12.8. The van der Waals surface area contributed by atoms with Gasteiger partial charge in [0, 0.05) is 30.0 Å². The lowest BCUT2D eigenvalue weighted by atomic mass is 10.2. The molecular weight excluding hydrogens is 344 g/mol. The van der Waals surface area contributed by atoms with Gasteiger partial charge in [-0.15, -0.1) is 0 Å². The van der Waals surface area contributed by atoms with Gasteiger partial charge in [-0.2, -0.15) is 5.10 Å². The van der Waals surface area contributed by atoms with Crippen LogP contribution < -0.4 is 5.32 Å². The van der Waals surface area contributed by atoms with Crippen molar-refractivity contribution in [2.24, 2.45) is 14.1 Å². The van der Waals surface area contributed by atoms with Crippen LogP contribution in [0.1, 0.15) is 26.7 Å². The molecule has 0 aliphatic rings. The lowest BCUT2D eigenvalue weighted by Gasteiger charge is -2.08.